The molecule has 0 amide bonds. The molecule has 0 saturated heterocycles. The fourth-order valence-corrected chi connectivity index (χ4v) is 3.12. The van der Waals surface area contributed by atoms with E-state index in [9.17, 15) is 14.7 Å². The van der Waals surface area contributed by atoms with E-state index >= 15 is 0 Å². The first kappa shape index (κ1) is 21.3. The van der Waals surface area contributed by atoms with E-state index < -0.39 is 12.1 Å². The fraction of sp³-hybridized carbons (Fsp3) is 0.120. The summed E-state index contributed by atoms with van der Waals surface area (Å²) < 4.78 is 5.74. The molecule has 3 rings (SSSR count). The first-order chi connectivity index (χ1) is 14.5. The van der Waals surface area contributed by atoms with Gasteiger partial charge in [0.25, 0.3) is 0 Å². The van der Waals surface area contributed by atoms with E-state index in [0.29, 0.717) is 11.4 Å². The Hall–Kier alpha value is -3.37. The van der Waals surface area contributed by atoms with E-state index in [1.807, 2.05) is 60.7 Å². The third-order valence-corrected chi connectivity index (χ3v) is 4.75. The topological polar surface area (TPSA) is 63.6 Å². The molecule has 30 heavy (non-hydrogen) atoms. The second kappa shape index (κ2) is 10.4. The summed E-state index contributed by atoms with van der Waals surface area (Å²) in [5, 5.41) is 9.97. The number of carbonyl (C=O) groups is 2. The Balaban J connectivity index is 1.78. The van der Waals surface area contributed by atoms with Crippen molar-refractivity contribution in [3.63, 3.8) is 0 Å². The van der Waals surface area contributed by atoms with Gasteiger partial charge in [-0.2, -0.15) is 0 Å². The molecule has 152 valence electrons. The van der Waals surface area contributed by atoms with Crippen molar-refractivity contribution >= 4 is 29.4 Å². The minimum Gasteiger partial charge on any atom is -0.479 e. The predicted molar refractivity (Wildman–Crippen MR) is 118 cm³/mol. The zero-order chi connectivity index (χ0) is 21.3. The molecule has 0 aliphatic carbocycles. The molecule has 3 aromatic carbocycles. The van der Waals surface area contributed by atoms with Crippen molar-refractivity contribution in [1.29, 1.82) is 0 Å². The normalized spacial score (nSPS) is 11.9. The highest BCUT2D eigenvalue weighted by atomic mass is 35.5. The van der Waals surface area contributed by atoms with Crippen molar-refractivity contribution in [2.45, 2.75) is 18.9 Å². The molecule has 0 aliphatic rings. The molecule has 0 fully saturated rings. The Morgan fingerprint density at radius 3 is 2.30 bits per heavy atom. The Morgan fingerprint density at radius 1 is 0.967 bits per heavy atom. The number of hydrogen-bond acceptors (Lipinski definition) is 3. The molecule has 0 radical (unpaired) electrons. The van der Waals surface area contributed by atoms with Gasteiger partial charge < -0.3 is 9.84 Å². The average molecular weight is 421 g/mol. The fourth-order valence-electron chi connectivity index (χ4n) is 2.95. The maximum Gasteiger partial charge on any atom is 0.344 e. The highest BCUT2D eigenvalue weighted by Gasteiger charge is 2.22. The number of ketones is 1. The van der Waals surface area contributed by atoms with E-state index in [1.165, 1.54) is 18.2 Å². The quantitative estimate of drug-likeness (QED) is 0.356. The zero-order valence-electron chi connectivity index (χ0n) is 16.2. The second-order valence-electron chi connectivity index (χ2n) is 6.72. The Kier molecular flexibility index (Phi) is 7.41. The summed E-state index contributed by atoms with van der Waals surface area (Å²) in [6.07, 6.45) is 2.85. The predicted octanol–water partition coefficient (Wildman–Crippen LogP) is 5.70. The van der Waals surface area contributed by atoms with Gasteiger partial charge in [0.2, 0.25) is 0 Å². The molecule has 0 bridgehead atoms. The van der Waals surface area contributed by atoms with Crippen LogP contribution in [-0.4, -0.2) is 23.0 Å². The van der Waals surface area contributed by atoms with Gasteiger partial charge in [-0.05, 0) is 48.2 Å². The average Bonchev–Trinajstić information content (AvgIpc) is 2.77. The van der Waals surface area contributed by atoms with Crippen LogP contribution in [0.25, 0.3) is 6.08 Å². The van der Waals surface area contributed by atoms with E-state index in [1.54, 1.807) is 12.1 Å². The van der Waals surface area contributed by atoms with Crippen molar-refractivity contribution in [3.05, 3.63) is 107 Å². The van der Waals surface area contributed by atoms with Gasteiger partial charge in [-0.25, -0.2) is 4.79 Å². The van der Waals surface area contributed by atoms with Gasteiger partial charge in [0.15, 0.2) is 11.9 Å². The molecule has 0 spiro atoms. The molecule has 1 N–H and O–H groups in total. The SMILES string of the molecule is O=C(/C=C/c1ccccc1)c1cc(Cl)ccc1OC(CCc1ccccc1)C(=O)O. The molecule has 5 heteroatoms. The lowest BCUT2D eigenvalue weighted by Crippen LogP contribution is -2.28. The summed E-state index contributed by atoms with van der Waals surface area (Å²) in [5.41, 5.74) is 2.12. The van der Waals surface area contributed by atoms with Crippen molar-refractivity contribution < 1.29 is 19.4 Å². The number of hydrogen-bond donors (Lipinski definition) is 1. The van der Waals surface area contributed by atoms with Gasteiger partial charge in [-0.3, -0.25) is 4.79 Å². The monoisotopic (exact) mass is 420 g/mol. The molecule has 3 aromatic rings. The van der Waals surface area contributed by atoms with E-state index in [4.69, 9.17) is 16.3 Å². The Labute approximate surface area is 180 Å². The molecule has 0 heterocycles. The number of halogens is 1. The van der Waals surface area contributed by atoms with Crippen molar-refractivity contribution in [2.75, 3.05) is 0 Å². The van der Waals surface area contributed by atoms with Gasteiger partial charge in [0.1, 0.15) is 5.75 Å². The molecule has 1 atom stereocenters. The highest BCUT2D eigenvalue weighted by molar-refractivity contribution is 6.31. The molecule has 0 aliphatic heterocycles. The summed E-state index contributed by atoms with van der Waals surface area (Å²) in [4.78, 5) is 24.5. The van der Waals surface area contributed by atoms with Crippen molar-refractivity contribution in [3.8, 4) is 5.75 Å². The van der Waals surface area contributed by atoms with Gasteiger partial charge in [-0.15, -0.1) is 0 Å². The van der Waals surface area contributed by atoms with Crippen LogP contribution in [0.1, 0.15) is 27.9 Å². The maximum absolute atomic E-state index is 12.7. The van der Waals surface area contributed by atoms with Gasteiger partial charge >= 0.3 is 5.97 Å². The molecule has 0 saturated carbocycles. The van der Waals surface area contributed by atoms with Crippen LogP contribution in [0.2, 0.25) is 5.02 Å². The number of carboxylic acid groups (broad SMARTS) is 1. The first-order valence-corrected chi connectivity index (χ1v) is 9.91. The number of ether oxygens (including phenoxy) is 1. The van der Waals surface area contributed by atoms with Crippen LogP contribution < -0.4 is 4.74 Å². The maximum atomic E-state index is 12.7. The summed E-state index contributed by atoms with van der Waals surface area (Å²) in [6.45, 7) is 0. The summed E-state index contributed by atoms with van der Waals surface area (Å²) in [6, 6.07) is 23.6. The smallest absolute Gasteiger partial charge is 0.344 e. The van der Waals surface area contributed by atoms with Crippen LogP contribution in [-0.2, 0) is 11.2 Å². The van der Waals surface area contributed by atoms with Gasteiger partial charge in [0, 0.05) is 5.02 Å². The zero-order valence-corrected chi connectivity index (χ0v) is 17.0. The van der Waals surface area contributed by atoms with Crippen molar-refractivity contribution in [1.82, 2.24) is 0 Å². The molecular formula is C25H21ClO4. The molecular weight excluding hydrogens is 400 g/mol. The number of benzene rings is 3. The van der Waals surface area contributed by atoms with E-state index in [2.05, 4.69) is 0 Å². The lowest BCUT2D eigenvalue weighted by molar-refractivity contribution is -0.145. The first-order valence-electron chi connectivity index (χ1n) is 9.53. The summed E-state index contributed by atoms with van der Waals surface area (Å²) in [7, 11) is 0. The summed E-state index contributed by atoms with van der Waals surface area (Å²) >= 11 is 6.07. The van der Waals surface area contributed by atoms with Gasteiger partial charge in [-0.1, -0.05) is 78.3 Å². The van der Waals surface area contributed by atoms with Crippen LogP contribution in [0.5, 0.6) is 5.75 Å². The van der Waals surface area contributed by atoms with Gasteiger partial charge in [0.05, 0.1) is 5.56 Å². The molecule has 0 aromatic heterocycles. The lowest BCUT2D eigenvalue weighted by Gasteiger charge is -2.17. The third-order valence-electron chi connectivity index (χ3n) is 4.52. The van der Waals surface area contributed by atoms with Crippen LogP contribution in [0.15, 0.2) is 84.9 Å². The number of carbonyl (C=O) groups excluding carboxylic acids is 1. The molecule has 4 nitrogen and oxygen atoms in total. The molecule has 1 unspecified atom stereocenters. The highest BCUT2D eigenvalue weighted by Crippen LogP contribution is 2.26. The summed E-state index contributed by atoms with van der Waals surface area (Å²) in [5.74, 6) is -1.20. The standard InChI is InChI=1S/C25H21ClO4/c26-20-13-16-23(21(17-20)22(27)14-11-18-7-3-1-4-8-18)30-24(25(28)29)15-12-19-9-5-2-6-10-19/h1-11,13-14,16-17,24H,12,15H2,(H,28,29)/b14-11+. The minimum absolute atomic E-state index is 0.197. The lowest BCUT2D eigenvalue weighted by atomic mass is 10.1. The number of carboxylic acids is 1. The number of allylic oxidation sites excluding steroid dienone is 1. The number of aliphatic carboxylic acids is 1. The van der Waals surface area contributed by atoms with Crippen LogP contribution in [0.3, 0.4) is 0 Å². The Bertz CT molecular complexity index is 1030. The van der Waals surface area contributed by atoms with E-state index in [-0.39, 0.29) is 23.5 Å². The number of aryl methyl sites for hydroxylation is 1. The van der Waals surface area contributed by atoms with Crippen molar-refractivity contribution in [2.24, 2.45) is 0 Å². The number of rotatable bonds is 9. The Morgan fingerprint density at radius 2 is 1.63 bits per heavy atom. The van der Waals surface area contributed by atoms with Crippen LogP contribution >= 0.6 is 11.6 Å². The largest absolute Gasteiger partial charge is 0.479 e. The minimum atomic E-state index is -1.09. The second-order valence-corrected chi connectivity index (χ2v) is 7.15. The third kappa shape index (κ3) is 6.06. The van der Waals surface area contributed by atoms with Crippen LogP contribution in [0.4, 0.5) is 0 Å². The van der Waals surface area contributed by atoms with Crippen LogP contribution in [0, 0.1) is 0 Å². The van der Waals surface area contributed by atoms with E-state index in [0.717, 1.165) is 11.1 Å².